The zero-order chi connectivity index (χ0) is 10.9. The van der Waals surface area contributed by atoms with E-state index in [4.69, 9.17) is 0 Å². The fourth-order valence-corrected chi connectivity index (χ4v) is 3.22. The van der Waals surface area contributed by atoms with Crippen LogP contribution in [0.5, 0.6) is 0 Å². The molecule has 1 aliphatic heterocycles. The Morgan fingerprint density at radius 2 is 1.73 bits per heavy atom. The lowest BCUT2D eigenvalue weighted by molar-refractivity contribution is -0.116. The minimum atomic E-state index is 0.0176. The summed E-state index contributed by atoms with van der Waals surface area (Å²) in [5.41, 5.74) is 0.0176. The largest absolute Gasteiger partial charge is 0.303 e. The van der Waals surface area contributed by atoms with E-state index < -0.39 is 0 Å². The fourth-order valence-electron chi connectivity index (χ4n) is 3.22. The minimum Gasteiger partial charge on any atom is -0.303 e. The van der Waals surface area contributed by atoms with Crippen LogP contribution in [-0.2, 0) is 4.79 Å². The van der Waals surface area contributed by atoms with Crippen molar-refractivity contribution < 1.29 is 4.79 Å². The Labute approximate surface area is 93.0 Å². The van der Waals surface area contributed by atoms with Gasteiger partial charge in [-0.25, -0.2) is 0 Å². The minimum absolute atomic E-state index is 0.0176. The lowest BCUT2D eigenvalue weighted by atomic mass is 9.87. The summed E-state index contributed by atoms with van der Waals surface area (Å²) < 4.78 is 0. The summed E-state index contributed by atoms with van der Waals surface area (Å²) in [6, 6.07) is 0. The second-order valence-electron chi connectivity index (χ2n) is 5.84. The van der Waals surface area contributed by atoms with Crippen molar-refractivity contribution in [3.05, 3.63) is 0 Å². The zero-order valence-corrected chi connectivity index (χ0v) is 10.0. The van der Waals surface area contributed by atoms with Crippen LogP contribution in [0.3, 0.4) is 0 Å². The highest BCUT2D eigenvalue weighted by molar-refractivity contribution is 5.60. The molecule has 0 amide bonds. The Kier molecular flexibility index (Phi) is 3.15. The van der Waals surface area contributed by atoms with Crippen LogP contribution < -0.4 is 0 Å². The van der Waals surface area contributed by atoms with Gasteiger partial charge < -0.3 is 9.69 Å². The third-order valence-corrected chi connectivity index (χ3v) is 4.45. The van der Waals surface area contributed by atoms with Gasteiger partial charge >= 0.3 is 0 Å². The second-order valence-corrected chi connectivity index (χ2v) is 5.84. The predicted molar refractivity (Wildman–Crippen MR) is 61.7 cm³/mol. The van der Waals surface area contributed by atoms with Crippen LogP contribution in [-0.4, -0.2) is 30.8 Å². The topological polar surface area (TPSA) is 20.3 Å². The van der Waals surface area contributed by atoms with Crippen LogP contribution in [0, 0.1) is 17.3 Å². The third-order valence-electron chi connectivity index (χ3n) is 4.45. The van der Waals surface area contributed by atoms with E-state index in [1.165, 1.54) is 32.2 Å². The molecule has 0 spiro atoms. The van der Waals surface area contributed by atoms with Crippen molar-refractivity contribution >= 4 is 6.29 Å². The van der Waals surface area contributed by atoms with Gasteiger partial charge in [0.1, 0.15) is 6.29 Å². The van der Waals surface area contributed by atoms with Gasteiger partial charge in [-0.3, -0.25) is 0 Å². The van der Waals surface area contributed by atoms with Gasteiger partial charge in [0.05, 0.1) is 0 Å². The van der Waals surface area contributed by atoms with Crippen molar-refractivity contribution in [3.8, 4) is 0 Å². The van der Waals surface area contributed by atoms with Crippen molar-refractivity contribution in [2.45, 2.75) is 39.5 Å². The highest BCUT2D eigenvalue weighted by atomic mass is 16.1. The number of aldehydes is 1. The average Bonchev–Trinajstić information content (AvgIpc) is 2.77. The number of nitrogens with zero attached hydrogens (tertiary/aromatic N) is 1. The molecule has 0 N–H and O–H groups in total. The third kappa shape index (κ3) is 2.25. The Balaban J connectivity index is 1.93. The maximum Gasteiger partial charge on any atom is 0.127 e. The molecule has 2 aliphatic rings. The highest BCUT2D eigenvalue weighted by Gasteiger charge is 2.37. The van der Waals surface area contributed by atoms with Crippen LogP contribution in [0.15, 0.2) is 0 Å². The standard InChI is InChI=1S/C13H23NO/c1-11-7-14(8-12(11)2)9-13(10-15)5-3-4-6-13/h10-12H,3-9H2,1-2H3. The van der Waals surface area contributed by atoms with Crippen LogP contribution in [0.4, 0.5) is 0 Å². The monoisotopic (exact) mass is 209 g/mol. The molecular formula is C13H23NO. The molecule has 0 aromatic heterocycles. The summed E-state index contributed by atoms with van der Waals surface area (Å²) in [5.74, 6) is 1.60. The maximum absolute atomic E-state index is 11.3. The van der Waals surface area contributed by atoms with Crippen molar-refractivity contribution in [2.24, 2.45) is 17.3 Å². The van der Waals surface area contributed by atoms with Crippen LogP contribution in [0.25, 0.3) is 0 Å². The first-order chi connectivity index (χ1) is 7.15. The summed E-state index contributed by atoms with van der Waals surface area (Å²) in [5, 5.41) is 0. The highest BCUT2D eigenvalue weighted by Crippen LogP contribution is 2.38. The molecule has 1 aliphatic carbocycles. The molecule has 0 radical (unpaired) electrons. The molecule has 2 atom stereocenters. The first-order valence-corrected chi connectivity index (χ1v) is 6.34. The predicted octanol–water partition coefficient (Wildman–Crippen LogP) is 2.33. The molecule has 2 fully saturated rings. The van der Waals surface area contributed by atoms with Crippen LogP contribution >= 0.6 is 0 Å². The molecular weight excluding hydrogens is 186 g/mol. The summed E-state index contributed by atoms with van der Waals surface area (Å²) in [6.07, 6.45) is 5.98. The smallest absolute Gasteiger partial charge is 0.127 e. The molecule has 2 nitrogen and oxygen atoms in total. The maximum atomic E-state index is 11.3. The Bertz CT molecular complexity index is 223. The van der Waals surface area contributed by atoms with Gasteiger partial charge in [0.2, 0.25) is 0 Å². The quantitative estimate of drug-likeness (QED) is 0.665. The van der Waals surface area contributed by atoms with Crippen molar-refractivity contribution in [1.29, 1.82) is 0 Å². The molecule has 1 saturated carbocycles. The number of likely N-dealkylation sites (tertiary alicyclic amines) is 1. The number of hydrogen-bond donors (Lipinski definition) is 0. The van der Waals surface area contributed by atoms with Gasteiger partial charge in [-0.1, -0.05) is 26.7 Å². The van der Waals surface area contributed by atoms with E-state index in [2.05, 4.69) is 18.7 Å². The van der Waals surface area contributed by atoms with Gasteiger partial charge in [-0.05, 0) is 24.7 Å². The summed E-state index contributed by atoms with van der Waals surface area (Å²) in [7, 11) is 0. The van der Waals surface area contributed by atoms with E-state index >= 15 is 0 Å². The van der Waals surface area contributed by atoms with Crippen molar-refractivity contribution in [2.75, 3.05) is 19.6 Å². The van der Waals surface area contributed by atoms with Crippen LogP contribution in [0.1, 0.15) is 39.5 Å². The molecule has 15 heavy (non-hydrogen) atoms. The summed E-state index contributed by atoms with van der Waals surface area (Å²) in [4.78, 5) is 13.8. The lowest BCUT2D eigenvalue weighted by Crippen LogP contribution is -2.36. The summed E-state index contributed by atoms with van der Waals surface area (Å²) >= 11 is 0. The van der Waals surface area contributed by atoms with Gasteiger partial charge in [0, 0.05) is 25.0 Å². The second kappa shape index (κ2) is 4.25. The first-order valence-electron chi connectivity index (χ1n) is 6.34. The lowest BCUT2D eigenvalue weighted by Gasteiger charge is -2.28. The Morgan fingerprint density at radius 3 is 2.20 bits per heavy atom. The van der Waals surface area contributed by atoms with E-state index in [0.717, 1.165) is 31.2 Å². The molecule has 2 rings (SSSR count). The fraction of sp³-hybridized carbons (Fsp3) is 0.923. The molecule has 1 saturated heterocycles. The number of hydrogen-bond acceptors (Lipinski definition) is 2. The van der Waals surface area contributed by atoms with Gasteiger partial charge in [-0.2, -0.15) is 0 Å². The van der Waals surface area contributed by atoms with Gasteiger partial charge in [-0.15, -0.1) is 0 Å². The SMILES string of the molecule is CC1CN(CC2(C=O)CCCC2)CC1C. The number of carbonyl (C=O) groups excluding carboxylic acids is 1. The van der Waals surface area contributed by atoms with Gasteiger partial charge in [0.15, 0.2) is 0 Å². The number of carbonyl (C=O) groups is 1. The molecule has 0 aromatic carbocycles. The molecule has 2 unspecified atom stereocenters. The molecule has 0 aromatic rings. The molecule has 1 heterocycles. The molecule has 86 valence electrons. The zero-order valence-electron chi connectivity index (χ0n) is 10.0. The van der Waals surface area contributed by atoms with E-state index in [9.17, 15) is 4.79 Å². The van der Waals surface area contributed by atoms with Crippen molar-refractivity contribution in [1.82, 2.24) is 4.90 Å². The van der Waals surface area contributed by atoms with Crippen LogP contribution in [0.2, 0.25) is 0 Å². The van der Waals surface area contributed by atoms with E-state index in [0.29, 0.717) is 0 Å². The van der Waals surface area contributed by atoms with Gasteiger partial charge in [0.25, 0.3) is 0 Å². The Morgan fingerprint density at radius 1 is 1.20 bits per heavy atom. The first kappa shape index (κ1) is 11.1. The Hall–Kier alpha value is -0.370. The summed E-state index contributed by atoms with van der Waals surface area (Å²) in [6.45, 7) is 8.05. The van der Waals surface area contributed by atoms with Crippen molar-refractivity contribution in [3.63, 3.8) is 0 Å². The van der Waals surface area contributed by atoms with E-state index in [1.54, 1.807) is 0 Å². The molecule has 2 heteroatoms. The average molecular weight is 209 g/mol. The molecule has 0 bridgehead atoms. The van der Waals surface area contributed by atoms with E-state index in [-0.39, 0.29) is 5.41 Å². The normalized spacial score (nSPS) is 35.9. The number of rotatable bonds is 3. The van der Waals surface area contributed by atoms with E-state index in [1.807, 2.05) is 0 Å².